The second kappa shape index (κ2) is 6.12. The van der Waals surface area contributed by atoms with Gasteiger partial charge < -0.3 is 19.7 Å². The molecule has 0 fully saturated rings. The summed E-state index contributed by atoms with van der Waals surface area (Å²) in [5.74, 6) is 1.28. The molecule has 0 saturated carbocycles. The van der Waals surface area contributed by atoms with E-state index in [0.717, 1.165) is 5.56 Å². The van der Waals surface area contributed by atoms with Gasteiger partial charge >= 0.3 is 0 Å². The maximum absolute atomic E-state index is 9.05. The van der Waals surface area contributed by atoms with E-state index in [1.165, 1.54) is 19.5 Å². The van der Waals surface area contributed by atoms with Crippen LogP contribution in [0.5, 0.6) is 17.4 Å². The molecule has 0 atom stereocenters. The van der Waals surface area contributed by atoms with Gasteiger partial charge in [-0.3, -0.25) is 4.98 Å². The lowest BCUT2D eigenvalue weighted by molar-refractivity contribution is 0.275. The number of aliphatic hydroxyl groups is 2. The Kier molecular flexibility index (Phi) is 4.27. The lowest BCUT2D eigenvalue weighted by Crippen LogP contribution is -1.96. The average Bonchev–Trinajstić information content (AvgIpc) is 2.48. The number of nitrogens with zero attached hydrogens (tertiary/aromatic N) is 2. The van der Waals surface area contributed by atoms with Crippen molar-refractivity contribution in [2.24, 2.45) is 0 Å². The molecule has 19 heavy (non-hydrogen) atoms. The third-order valence-corrected chi connectivity index (χ3v) is 2.47. The quantitative estimate of drug-likeness (QED) is 0.844. The van der Waals surface area contributed by atoms with E-state index in [2.05, 4.69) is 9.97 Å². The zero-order chi connectivity index (χ0) is 13.7. The van der Waals surface area contributed by atoms with Gasteiger partial charge in [0.25, 0.3) is 0 Å². The van der Waals surface area contributed by atoms with E-state index in [-0.39, 0.29) is 13.2 Å². The van der Waals surface area contributed by atoms with Crippen molar-refractivity contribution in [3.05, 3.63) is 41.9 Å². The van der Waals surface area contributed by atoms with E-state index in [1.807, 2.05) is 0 Å². The van der Waals surface area contributed by atoms with Crippen molar-refractivity contribution in [2.75, 3.05) is 7.11 Å². The maximum atomic E-state index is 9.05. The van der Waals surface area contributed by atoms with Crippen molar-refractivity contribution in [1.82, 2.24) is 9.97 Å². The number of aliphatic hydroxyl groups excluding tert-OH is 2. The summed E-state index contributed by atoms with van der Waals surface area (Å²) in [6, 6.07) is 5.10. The van der Waals surface area contributed by atoms with Crippen LogP contribution < -0.4 is 9.47 Å². The Labute approximate surface area is 110 Å². The molecular formula is C13H14N2O4. The monoisotopic (exact) mass is 262 g/mol. The van der Waals surface area contributed by atoms with E-state index < -0.39 is 0 Å². The molecule has 0 radical (unpaired) electrons. The van der Waals surface area contributed by atoms with Crippen LogP contribution in [0.15, 0.2) is 30.6 Å². The van der Waals surface area contributed by atoms with Gasteiger partial charge in [0, 0.05) is 0 Å². The number of benzene rings is 1. The molecule has 0 unspecified atom stereocenters. The first-order valence-electron chi connectivity index (χ1n) is 5.64. The van der Waals surface area contributed by atoms with E-state index in [9.17, 15) is 0 Å². The second-order valence-electron chi connectivity index (χ2n) is 3.75. The molecule has 1 aromatic heterocycles. The highest BCUT2D eigenvalue weighted by Gasteiger charge is 2.08. The van der Waals surface area contributed by atoms with Crippen LogP contribution >= 0.6 is 0 Å². The summed E-state index contributed by atoms with van der Waals surface area (Å²) >= 11 is 0. The van der Waals surface area contributed by atoms with Crippen LogP contribution in [-0.2, 0) is 13.2 Å². The van der Waals surface area contributed by atoms with Crippen molar-refractivity contribution in [3.63, 3.8) is 0 Å². The summed E-state index contributed by atoms with van der Waals surface area (Å²) < 4.78 is 10.7. The standard InChI is InChI=1S/C13H14N2O4/c1-18-12-4-9(7-16)2-3-11(12)19-13-6-14-10(8-17)5-15-13/h2-6,16-17H,7-8H2,1H3. The molecule has 1 heterocycles. The highest BCUT2D eigenvalue weighted by molar-refractivity contribution is 5.44. The largest absolute Gasteiger partial charge is 0.493 e. The molecule has 0 aliphatic heterocycles. The molecule has 0 amide bonds. The van der Waals surface area contributed by atoms with Gasteiger partial charge in [-0.05, 0) is 17.7 Å². The molecule has 2 N–H and O–H groups in total. The molecule has 100 valence electrons. The van der Waals surface area contributed by atoms with Gasteiger partial charge in [0.15, 0.2) is 11.5 Å². The zero-order valence-corrected chi connectivity index (χ0v) is 10.4. The molecule has 6 nitrogen and oxygen atoms in total. The normalized spacial score (nSPS) is 10.3. The molecule has 0 aliphatic carbocycles. The average molecular weight is 262 g/mol. The van der Waals surface area contributed by atoms with E-state index in [1.54, 1.807) is 18.2 Å². The van der Waals surface area contributed by atoms with E-state index in [0.29, 0.717) is 23.1 Å². The van der Waals surface area contributed by atoms with Crippen LogP contribution in [0.1, 0.15) is 11.3 Å². The van der Waals surface area contributed by atoms with Gasteiger partial charge in [-0.1, -0.05) is 6.07 Å². The number of methoxy groups -OCH3 is 1. The van der Waals surface area contributed by atoms with Crippen molar-refractivity contribution in [3.8, 4) is 17.4 Å². The number of aromatic nitrogens is 2. The van der Waals surface area contributed by atoms with Crippen molar-refractivity contribution in [2.45, 2.75) is 13.2 Å². The zero-order valence-electron chi connectivity index (χ0n) is 10.4. The molecular weight excluding hydrogens is 248 g/mol. The van der Waals surface area contributed by atoms with Crippen molar-refractivity contribution in [1.29, 1.82) is 0 Å². The highest BCUT2D eigenvalue weighted by atomic mass is 16.5. The number of hydrogen-bond acceptors (Lipinski definition) is 6. The smallest absolute Gasteiger partial charge is 0.238 e. The predicted octanol–water partition coefficient (Wildman–Crippen LogP) is 1.26. The summed E-state index contributed by atoms with van der Waals surface area (Å²) in [5.41, 5.74) is 1.20. The number of hydrogen-bond donors (Lipinski definition) is 2. The summed E-state index contributed by atoms with van der Waals surface area (Å²) in [7, 11) is 1.52. The summed E-state index contributed by atoms with van der Waals surface area (Å²) in [6.07, 6.45) is 2.86. The second-order valence-corrected chi connectivity index (χ2v) is 3.75. The fourth-order valence-electron chi connectivity index (χ4n) is 1.48. The molecule has 0 saturated heterocycles. The highest BCUT2D eigenvalue weighted by Crippen LogP contribution is 2.31. The van der Waals surface area contributed by atoms with Crippen LogP contribution in [0, 0.1) is 0 Å². The maximum Gasteiger partial charge on any atom is 0.238 e. The van der Waals surface area contributed by atoms with Crippen LogP contribution in [0.4, 0.5) is 0 Å². The van der Waals surface area contributed by atoms with Gasteiger partial charge in [0.1, 0.15) is 0 Å². The fourth-order valence-corrected chi connectivity index (χ4v) is 1.48. The van der Waals surface area contributed by atoms with E-state index in [4.69, 9.17) is 19.7 Å². The topological polar surface area (TPSA) is 84.7 Å². The molecule has 1 aromatic carbocycles. The predicted molar refractivity (Wildman–Crippen MR) is 66.9 cm³/mol. The first kappa shape index (κ1) is 13.3. The molecule has 0 spiro atoms. The number of rotatable bonds is 5. The fraction of sp³-hybridized carbons (Fsp3) is 0.231. The lowest BCUT2D eigenvalue weighted by Gasteiger charge is -2.10. The number of ether oxygens (including phenoxy) is 2. The van der Waals surface area contributed by atoms with Gasteiger partial charge in [0.2, 0.25) is 5.88 Å². The van der Waals surface area contributed by atoms with E-state index >= 15 is 0 Å². The molecule has 2 rings (SSSR count). The Morgan fingerprint density at radius 2 is 1.89 bits per heavy atom. The Bertz CT molecular complexity index is 543. The summed E-state index contributed by atoms with van der Waals surface area (Å²) in [5, 5.41) is 17.9. The third-order valence-electron chi connectivity index (χ3n) is 2.47. The molecule has 0 bridgehead atoms. The summed E-state index contributed by atoms with van der Waals surface area (Å²) in [6.45, 7) is -0.233. The Morgan fingerprint density at radius 1 is 1.05 bits per heavy atom. The Morgan fingerprint density at radius 3 is 2.47 bits per heavy atom. The first-order valence-corrected chi connectivity index (χ1v) is 5.64. The Balaban J connectivity index is 2.21. The minimum atomic E-state index is -0.165. The molecule has 6 heteroatoms. The van der Waals surface area contributed by atoms with Crippen LogP contribution in [-0.4, -0.2) is 27.3 Å². The van der Waals surface area contributed by atoms with Gasteiger partial charge in [-0.15, -0.1) is 0 Å². The summed E-state index contributed by atoms with van der Waals surface area (Å²) in [4.78, 5) is 7.98. The lowest BCUT2D eigenvalue weighted by atomic mass is 10.2. The van der Waals surface area contributed by atoms with Crippen molar-refractivity contribution >= 4 is 0 Å². The third kappa shape index (κ3) is 3.18. The molecule has 2 aromatic rings. The molecule has 0 aliphatic rings. The van der Waals surface area contributed by atoms with Crippen molar-refractivity contribution < 1.29 is 19.7 Å². The van der Waals surface area contributed by atoms with Crippen LogP contribution in [0.3, 0.4) is 0 Å². The van der Waals surface area contributed by atoms with Crippen LogP contribution in [0.2, 0.25) is 0 Å². The van der Waals surface area contributed by atoms with Gasteiger partial charge in [0.05, 0.1) is 38.4 Å². The van der Waals surface area contributed by atoms with Crippen LogP contribution in [0.25, 0.3) is 0 Å². The minimum absolute atomic E-state index is 0.0678. The van der Waals surface area contributed by atoms with Gasteiger partial charge in [-0.25, -0.2) is 4.98 Å². The minimum Gasteiger partial charge on any atom is -0.493 e. The Hall–Kier alpha value is -2.18. The van der Waals surface area contributed by atoms with Gasteiger partial charge in [-0.2, -0.15) is 0 Å². The SMILES string of the molecule is COc1cc(CO)ccc1Oc1cnc(CO)cn1. The first-order chi connectivity index (χ1) is 9.26.